The molecule has 1 aliphatic heterocycles. The Hall–Kier alpha value is 0.974. The number of hydrogen-bond acceptors (Lipinski definition) is 6. The molecular formula is C31H66O4S2Si2. The van der Waals surface area contributed by atoms with Crippen LogP contribution < -0.4 is 0 Å². The van der Waals surface area contributed by atoms with Gasteiger partial charge in [0.1, 0.15) is 0 Å². The predicted octanol–water partition coefficient (Wildman–Crippen LogP) is 9.85. The van der Waals surface area contributed by atoms with Crippen LogP contribution in [0.1, 0.15) is 95.4 Å². The van der Waals surface area contributed by atoms with Crippen molar-refractivity contribution in [2.45, 2.75) is 153 Å². The van der Waals surface area contributed by atoms with E-state index in [2.05, 4.69) is 113 Å². The van der Waals surface area contributed by atoms with E-state index in [1.807, 2.05) is 14.2 Å². The summed E-state index contributed by atoms with van der Waals surface area (Å²) in [5.74, 6) is 3.48. The largest absolute Gasteiger partial charge is 0.416 e. The van der Waals surface area contributed by atoms with E-state index in [1.54, 1.807) is 0 Å². The molecule has 0 unspecified atom stereocenters. The topological polar surface area (TPSA) is 36.9 Å². The Labute approximate surface area is 254 Å². The monoisotopic (exact) mass is 622 g/mol. The summed E-state index contributed by atoms with van der Waals surface area (Å²) in [7, 11) is -0.233. The van der Waals surface area contributed by atoms with Crippen molar-refractivity contribution >= 4 is 40.2 Å². The Balaban J connectivity index is 3.18. The van der Waals surface area contributed by atoms with E-state index in [-0.39, 0.29) is 23.4 Å². The molecule has 0 radical (unpaired) electrons. The zero-order valence-electron chi connectivity index (χ0n) is 28.4. The van der Waals surface area contributed by atoms with Gasteiger partial charge in [0, 0.05) is 20.8 Å². The van der Waals surface area contributed by atoms with Crippen molar-refractivity contribution in [3.05, 3.63) is 0 Å². The summed E-state index contributed by atoms with van der Waals surface area (Å²) in [5, 5.41) is 0.119. The second-order valence-electron chi connectivity index (χ2n) is 14.5. The first-order chi connectivity index (χ1) is 17.9. The molecule has 0 aliphatic carbocycles. The first-order valence-electron chi connectivity index (χ1n) is 15.5. The van der Waals surface area contributed by atoms with Gasteiger partial charge in [-0.2, -0.15) is 0 Å². The van der Waals surface area contributed by atoms with E-state index >= 15 is 0 Å². The zero-order chi connectivity index (χ0) is 30.2. The maximum atomic E-state index is 7.20. The number of ether oxygens (including phenoxy) is 2. The summed E-state index contributed by atoms with van der Waals surface area (Å²) in [4.78, 5) is 0. The molecule has 0 N–H and O–H groups in total. The van der Waals surface area contributed by atoms with Crippen molar-refractivity contribution in [1.82, 2.24) is 0 Å². The Morgan fingerprint density at radius 2 is 1.23 bits per heavy atom. The maximum Gasteiger partial charge on any atom is 0.200 e. The summed E-state index contributed by atoms with van der Waals surface area (Å²) < 4.78 is 27.4. The molecule has 39 heavy (non-hydrogen) atoms. The highest BCUT2D eigenvalue weighted by Crippen LogP contribution is 2.44. The molecule has 0 amide bonds. The van der Waals surface area contributed by atoms with E-state index in [0.717, 1.165) is 19.4 Å². The Morgan fingerprint density at radius 3 is 1.64 bits per heavy atom. The fourth-order valence-corrected chi connectivity index (χ4v) is 16.2. The standard InChI is InChI=1S/C31H66O4S2Si2/c1-22(2)39(23(3)4,24(5)6)34-21-25(7)19-27(32-12)29(35-38(14,15)31(9,10)11)28(33-13)20-26(8)30-36-17-16-18-37-30/h22-30H,16-21H2,1-15H3/t25-,26-,27+,28+,29-/m1/s1. The zero-order valence-corrected chi connectivity index (χ0v) is 32.0. The second-order valence-corrected chi connectivity index (χ2v) is 27.6. The van der Waals surface area contributed by atoms with E-state index in [4.69, 9.17) is 18.3 Å². The average Bonchev–Trinajstić information content (AvgIpc) is 2.84. The van der Waals surface area contributed by atoms with Gasteiger partial charge in [0.25, 0.3) is 0 Å². The van der Waals surface area contributed by atoms with Crippen LogP contribution in [0.3, 0.4) is 0 Å². The van der Waals surface area contributed by atoms with Crippen LogP contribution in [0.5, 0.6) is 0 Å². The number of rotatable bonds is 17. The van der Waals surface area contributed by atoms with E-state index < -0.39 is 16.6 Å². The van der Waals surface area contributed by atoms with Gasteiger partial charge in [-0.15, -0.1) is 23.5 Å². The van der Waals surface area contributed by atoms with Crippen LogP contribution in [0, 0.1) is 11.8 Å². The third-order valence-electron chi connectivity index (χ3n) is 9.46. The van der Waals surface area contributed by atoms with Gasteiger partial charge in [-0.25, -0.2) is 0 Å². The van der Waals surface area contributed by atoms with Gasteiger partial charge in [0.15, 0.2) is 16.6 Å². The van der Waals surface area contributed by atoms with Crippen molar-refractivity contribution in [1.29, 1.82) is 0 Å². The van der Waals surface area contributed by atoms with Crippen molar-refractivity contribution in [2.75, 3.05) is 32.3 Å². The van der Waals surface area contributed by atoms with E-state index in [0.29, 0.717) is 33.0 Å². The molecule has 4 nitrogen and oxygen atoms in total. The van der Waals surface area contributed by atoms with Crippen molar-refractivity contribution < 1.29 is 18.3 Å². The minimum atomic E-state index is -2.06. The van der Waals surface area contributed by atoms with Crippen LogP contribution in [0.15, 0.2) is 0 Å². The van der Waals surface area contributed by atoms with Gasteiger partial charge < -0.3 is 18.3 Å². The molecule has 1 saturated heterocycles. The molecule has 1 rings (SSSR count). The molecule has 8 heteroatoms. The van der Waals surface area contributed by atoms with Gasteiger partial charge in [0.05, 0.1) is 22.9 Å². The lowest BCUT2D eigenvalue weighted by atomic mass is 9.93. The highest BCUT2D eigenvalue weighted by atomic mass is 32.2. The molecule has 0 aromatic carbocycles. The summed E-state index contributed by atoms with van der Waals surface area (Å²) in [6.07, 6.45) is 3.11. The fraction of sp³-hybridized carbons (Fsp3) is 1.00. The molecule has 0 saturated carbocycles. The van der Waals surface area contributed by atoms with Gasteiger partial charge in [-0.3, -0.25) is 0 Å². The quantitative estimate of drug-likeness (QED) is 0.150. The normalized spacial score (nSPS) is 20.5. The smallest absolute Gasteiger partial charge is 0.200 e. The van der Waals surface area contributed by atoms with Crippen LogP contribution in [0.2, 0.25) is 34.8 Å². The number of methoxy groups -OCH3 is 2. The maximum absolute atomic E-state index is 7.20. The SMILES string of the molecule is CO[C@@H](C[C@@H](C)CO[Si](C(C)C)(C(C)C)C(C)C)[C@@H](O[Si](C)(C)C(C)(C)C)[C@H](C[C@@H](C)C1SCCCS1)OC. The first-order valence-corrected chi connectivity index (χ1v) is 22.7. The number of thioether (sulfide) groups is 2. The minimum absolute atomic E-state index is 0.00535. The van der Waals surface area contributed by atoms with Crippen LogP contribution in [0.25, 0.3) is 0 Å². The third-order valence-corrected chi connectivity index (χ3v) is 23.5. The molecule has 1 heterocycles. The molecule has 0 aromatic heterocycles. The van der Waals surface area contributed by atoms with Crippen LogP contribution in [-0.2, 0) is 18.3 Å². The van der Waals surface area contributed by atoms with Crippen LogP contribution in [-0.4, -0.2) is 71.9 Å². The lowest BCUT2D eigenvalue weighted by molar-refractivity contribution is -0.0947. The highest BCUT2D eigenvalue weighted by Gasteiger charge is 2.46. The minimum Gasteiger partial charge on any atom is -0.416 e. The van der Waals surface area contributed by atoms with Crippen LogP contribution >= 0.6 is 23.5 Å². The first kappa shape index (κ1) is 38.0. The van der Waals surface area contributed by atoms with Crippen LogP contribution in [0.4, 0.5) is 0 Å². The predicted molar refractivity (Wildman–Crippen MR) is 182 cm³/mol. The van der Waals surface area contributed by atoms with E-state index in [9.17, 15) is 0 Å². The molecule has 0 bridgehead atoms. The van der Waals surface area contributed by atoms with Crippen molar-refractivity contribution in [2.24, 2.45) is 11.8 Å². The summed E-state index contributed by atoms with van der Waals surface area (Å²) in [6, 6.07) is 0. The summed E-state index contributed by atoms with van der Waals surface area (Å²) in [5.41, 5.74) is 1.77. The molecule has 5 atom stereocenters. The van der Waals surface area contributed by atoms with Crippen molar-refractivity contribution in [3.63, 3.8) is 0 Å². The molecule has 0 spiro atoms. The molecule has 234 valence electrons. The fourth-order valence-electron chi connectivity index (χ4n) is 6.20. The Kier molecular flexibility index (Phi) is 16.3. The molecule has 1 fully saturated rings. The second kappa shape index (κ2) is 16.7. The molecule has 1 aliphatic rings. The average molecular weight is 623 g/mol. The Bertz CT molecular complexity index is 656. The lowest BCUT2D eigenvalue weighted by Crippen LogP contribution is -2.53. The van der Waals surface area contributed by atoms with Crippen molar-refractivity contribution in [3.8, 4) is 0 Å². The van der Waals surface area contributed by atoms with Gasteiger partial charge >= 0.3 is 0 Å². The third kappa shape index (κ3) is 10.6. The van der Waals surface area contributed by atoms with Gasteiger partial charge in [0.2, 0.25) is 0 Å². The van der Waals surface area contributed by atoms with E-state index in [1.165, 1.54) is 17.9 Å². The molecular weight excluding hydrogens is 557 g/mol. The summed E-state index contributed by atoms with van der Waals surface area (Å²) in [6.45, 7) is 31.4. The Morgan fingerprint density at radius 1 is 0.769 bits per heavy atom. The molecule has 0 aromatic rings. The highest BCUT2D eigenvalue weighted by molar-refractivity contribution is 8.17. The van der Waals surface area contributed by atoms with Gasteiger partial charge in [-0.1, -0.05) is 76.2 Å². The van der Waals surface area contributed by atoms with Gasteiger partial charge in [-0.05, 0) is 77.4 Å². The summed E-state index contributed by atoms with van der Waals surface area (Å²) >= 11 is 4.25. The number of hydrogen-bond donors (Lipinski definition) is 0. The lowest BCUT2D eigenvalue weighted by Gasteiger charge is -2.45.